The molecule has 5 rings (SSSR count). The van der Waals surface area contributed by atoms with Crippen molar-refractivity contribution >= 4 is 5.78 Å². The quantitative estimate of drug-likeness (QED) is 0.474. The van der Waals surface area contributed by atoms with Crippen LogP contribution in [0.4, 0.5) is 0 Å². The van der Waals surface area contributed by atoms with E-state index in [9.17, 15) is 20.1 Å². The fraction of sp³-hybridized carbons (Fsp3) is 0.967. The third-order valence-electron chi connectivity index (χ3n) is 13.3. The Labute approximate surface area is 207 Å². The number of carbonyl (C=O) groups excluding carboxylic acids is 1. The van der Waals surface area contributed by atoms with E-state index in [4.69, 9.17) is 0 Å². The minimum atomic E-state index is -1.06. The van der Waals surface area contributed by atoms with Crippen LogP contribution < -0.4 is 0 Å². The lowest BCUT2D eigenvalue weighted by Gasteiger charge is -2.63. The van der Waals surface area contributed by atoms with Crippen LogP contribution in [0.3, 0.4) is 0 Å². The first-order valence-corrected chi connectivity index (χ1v) is 14.3. The summed E-state index contributed by atoms with van der Waals surface area (Å²) in [5.74, 6) is 2.62. The summed E-state index contributed by atoms with van der Waals surface area (Å²) in [4.78, 5) is 12.9. The Morgan fingerprint density at radius 3 is 2.26 bits per heavy atom. The molecule has 0 bridgehead atoms. The van der Waals surface area contributed by atoms with E-state index in [1.54, 1.807) is 13.8 Å². The van der Waals surface area contributed by atoms with Gasteiger partial charge in [-0.2, -0.15) is 0 Å². The zero-order valence-corrected chi connectivity index (χ0v) is 22.6. The second kappa shape index (κ2) is 7.54. The maximum Gasteiger partial charge on any atom is 0.138 e. The largest absolute Gasteiger partial charge is 0.396 e. The lowest BCUT2D eigenvalue weighted by molar-refractivity contribution is -0.172. The number of ketones is 1. The molecule has 4 heteroatoms. The standard InChI is InChI=1S/C30H50O4/c1-19(7-10-24(33)26(4,5)34)20-11-13-30(18-31)22-9-8-21-25(2,3)23(32)12-14-28(21)17-29(22,28)16-15-27(20,30)6/h19-22,24,31,33-34H,7-18H2,1-6H3/t19-,20-,21+,22-,24-,27-,28-,29+,30-/m1/s1. The first-order chi connectivity index (χ1) is 15.7. The molecule has 194 valence electrons. The van der Waals surface area contributed by atoms with Gasteiger partial charge in [0.15, 0.2) is 0 Å². The Kier molecular flexibility index (Phi) is 5.59. The van der Waals surface area contributed by atoms with Crippen molar-refractivity contribution in [2.45, 2.75) is 124 Å². The van der Waals surface area contributed by atoms with E-state index in [0.29, 0.717) is 53.3 Å². The second-order valence-electron chi connectivity index (χ2n) is 14.9. The zero-order chi connectivity index (χ0) is 24.9. The van der Waals surface area contributed by atoms with E-state index in [2.05, 4.69) is 27.7 Å². The van der Waals surface area contributed by atoms with Crippen molar-refractivity contribution in [3.63, 3.8) is 0 Å². The number of rotatable bonds is 6. The monoisotopic (exact) mass is 474 g/mol. The highest BCUT2D eigenvalue weighted by Gasteiger charge is 2.82. The predicted octanol–water partition coefficient (Wildman–Crippen LogP) is 5.52. The Bertz CT molecular complexity index is 843. The van der Waals surface area contributed by atoms with Crippen LogP contribution in [0.2, 0.25) is 0 Å². The van der Waals surface area contributed by atoms with Crippen molar-refractivity contribution in [3.8, 4) is 0 Å². The minimum Gasteiger partial charge on any atom is -0.396 e. The van der Waals surface area contributed by atoms with Gasteiger partial charge in [0.05, 0.1) is 11.7 Å². The van der Waals surface area contributed by atoms with Crippen LogP contribution in [-0.4, -0.2) is 39.4 Å². The van der Waals surface area contributed by atoms with E-state index >= 15 is 0 Å². The number of fused-ring (bicyclic) bond motifs is 2. The van der Waals surface area contributed by atoms with Gasteiger partial charge in [0, 0.05) is 23.9 Å². The molecule has 5 aliphatic rings. The molecule has 9 atom stereocenters. The summed E-state index contributed by atoms with van der Waals surface area (Å²) in [5.41, 5.74) is -0.414. The molecule has 34 heavy (non-hydrogen) atoms. The van der Waals surface area contributed by atoms with E-state index in [1.165, 1.54) is 32.1 Å². The molecular weight excluding hydrogens is 424 g/mol. The number of aliphatic hydroxyl groups excluding tert-OH is 2. The molecule has 0 heterocycles. The van der Waals surface area contributed by atoms with Gasteiger partial charge < -0.3 is 15.3 Å². The van der Waals surface area contributed by atoms with Crippen LogP contribution >= 0.6 is 0 Å². The van der Waals surface area contributed by atoms with Crippen LogP contribution in [0, 0.1) is 50.7 Å². The van der Waals surface area contributed by atoms with Crippen molar-refractivity contribution in [3.05, 3.63) is 0 Å². The highest BCUT2D eigenvalue weighted by Crippen LogP contribution is 2.88. The summed E-state index contributed by atoms with van der Waals surface area (Å²) < 4.78 is 0. The van der Waals surface area contributed by atoms with Gasteiger partial charge in [-0.25, -0.2) is 0 Å². The molecule has 0 aromatic rings. The van der Waals surface area contributed by atoms with Gasteiger partial charge in [0.25, 0.3) is 0 Å². The van der Waals surface area contributed by atoms with E-state index in [1.807, 2.05) is 0 Å². The maximum absolute atomic E-state index is 12.9. The van der Waals surface area contributed by atoms with Gasteiger partial charge in [0.2, 0.25) is 0 Å². The Morgan fingerprint density at radius 1 is 0.971 bits per heavy atom. The molecule has 0 aliphatic heterocycles. The third-order valence-corrected chi connectivity index (χ3v) is 13.3. The Hall–Kier alpha value is -0.450. The second-order valence-corrected chi connectivity index (χ2v) is 14.9. The lowest BCUT2D eigenvalue weighted by atomic mass is 9.41. The van der Waals surface area contributed by atoms with Crippen molar-refractivity contribution < 1.29 is 20.1 Å². The summed E-state index contributed by atoms with van der Waals surface area (Å²) in [6.45, 7) is 13.0. The highest BCUT2D eigenvalue weighted by atomic mass is 16.3. The van der Waals surface area contributed by atoms with Gasteiger partial charge in [-0.3, -0.25) is 4.79 Å². The Morgan fingerprint density at radius 2 is 1.62 bits per heavy atom. The van der Waals surface area contributed by atoms with Crippen LogP contribution in [0.5, 0.6) is 0 Å². The molecule has 5 saturated carbocycles. The highest BCUT2D eigenvalue weighted by molar-refractivity contribution is 5.86. The van der Waals surface area contributed by atoms with Gasteiger partial charge in [-0.15, -0.1) is 0 Å². The molecule has 0 unspecified atom stereocenters. The minimum absolute atomic E-state index is 0.000882. The summed E-state index contributed by atoms with van der Waals surface area (Å²) in [6.07, 6.45) is 11.1. The van der Waals surface area contributed by atoms with Crippen LogP contribution in [0.15, 0.2) is 0 Å². The molecular formula is C30H50O4. The maximum atomic E-state index is 12.9. The number of aliphatic hydroxyl groups is 3. The molecule has 0 aromatic carbocycles. The SMILES string of the molecule is C[C@H](CC[C@@H](O)C(C)(C)O)[C@H]1CC[C@@]2(CO)[C@@H]3CC[C@H]4C(C)(C)C(=O)CC[C@@]45C[C@@]35CC[C@]12C. The third kappa shape index (κ3) is 2.97. The van der Waals surface area contributed by atoms with Crippen molar-refractivity contribution in [2.75, 3.05) is 6.61 Å². The van der Waals surface area contributed by atoms with Crippen LogP contribution in [-0.2, 0) is 4.79 Å². The number of carbonyl (C=O) groups is 1. The van der Waals surface area contributed by atoms with Gasteiger partial charge >= 0.3 is 0 Å². The van der Waals surface area contributed by atoms with Crippen molar-refractivity contribution in [1.82, 2.24) is 0 Å². The molecule has 0 saturated heterocycles. The molecule has 5 fully saturated rings. The lowest BCUT2D eigenvalue weighted by Crippen LogP contribution is -2.59. The molecule has 5 aliphatic carbocycles. The molecule has 4 nitrogen and oxygen atoms in total. The van der Waals surface area contributed by atoms with Gasteiger partial charge in [-0.1, -0.05) is 27.7 Å². The average Bonchev–Trinajstić information content (AvgIpc) is 3.33. The molecule has 0 amide bonds. The zero-order valence-electron chi connectivity index (χ0n) is 22.6. The smallest absolute Gasteiger partial charge is 0.138 e. The normalized spacial score (nSPS) is 48.9. The fourth-order valence-corrected chi connectivity index (χ4v) is 11.2. The summed E-state index contributed by atoms with van der Waals surface area (Å²) >= 11 is 0. The van der Waals surface area contributed by atoms with E-state index in [0.717, 1.165) is 32.1 Å². The topological polar surface area (TPSA) is 77.8 Å². The Balaban J connectivity index is 1.40. The van der Waals surface area contributed by atoms with Crippen molar-refractivity contribution in [2.24, 2.45) is 50.7 Å². The van der Waals surface area contributed by atoms with Gasteiger partial charge in [-0.05, 0) is 118 Å². The van der Waals surface area contributed by atoms with E-state index < -0.39 is 11.7 Å². The summed E-state index contributed by atoms with van der Waals surface area (Å²) in [6, 6.07) is 0. The first kappa shape index (κ1) is 25.2. The molecule has 2 spiro atoms. The molecule has 0 aromatic heterocycles. The predicted molar refractivity (Wildman–Crippen MR) is 134 cm³/mol. The van der Waals surface area contributed by atoms with Crippen LogP contribution in [0.1, 0.15) is 112 Å². The van der Waals surface area contributed by atoms with E-state index in [-0.39, 0.29) is 16.2 Å². The van der Waals surface area contributed by atoms with Gasteiger partial charge in [0.1, 0.15) is 5.78 Å². The molecule has 0 radical (unpaired) electrons. The van der Waals surface area contributed by atoms with Crippen molar-refractivity contribution in [1.29, 1.82) is 0 Å². The summed E-state index contributed by atoms with van der Waals surface area (Å²) in [5, 5.41) is 31.7. The fourth-order valence-electron chi connectivity index (χ4n) is 11.2. The first-order valence-electron chi connectivity index (χ1n) is 14.3. The summed E-state index contributed by atoms with van der Waals surface area (Å²) in [7, 11) is 0. The number of Topliss-reactive ketones (excluding diaryl/α,β-unsaturated/α-hetero) is 1. The number of hydrogen-bond donors (Lipinski definition) is 3. The molecule has 3 N–H and O–H groups in total. The average molecular weight is 475 g/mol. The van der Waals surface area contributed by atoms with Crippen LogP contribution in [0.25, 0.3) is 0 Å². The number of hydrogen-bond acceptors (Lipinski definition) is 4.